The standard InChI is InChI=1S/C34H54N6O6/c1-33(2,3)46-32(45)39-26(17-23-14-10-7-11-15-23)30(43)38-27(18-24-20-36-21-37-24)31(44)40-34(4,5)19-28(41)29(42)25(35)16-22-12-8-6-9-13-22/h7,10-11,14-15,20-22,25-29,41-42H,6,8-9,12-13,16-19,35H2,1-5H3,(H,36,37)(H,38,43)(H,39,45)(H,40,44)/t25-,26-,27-,28-,29+/m0/s1. The van der Waals surface area contributed by atoms with Crippen molar-refractivity contribution >= 4 is 17.9 Å². The Morgan fingerprint density at radius 3 is 2.24 bits per heavy atom. The number of amides is 3. The summed E-state index contributed by atoms with van der Waals surface area (Å²) in [5, 5.41) is 30.1. The highest BCUT2D eigenvalue weighted by molar-refractivity contribution is 5.91. The third-order valence-electron chi connectivity index (χ3n) is 8.25. The Balaban J connectivity index is 1.70. The fourth-order valence-electron chi connectivity index (χ4n) is 5.95. The van der Waals surface area contributed by atoms with Crippen molar-refractivity contribution in [3.05, 3.63) is 54.1 Å². The number of carbonyl (C=O) groups is 3. The summed E-state index contributed by atoms with van der Waals surface area (Å²) in [4.78, 5) is 47.1. The molecule has 1 fully saturated rings. The third kappa shape index (κ3) is 12.7. The number of nitrogens with two attached hydrogens (primary N) is 1. The van der Waals surface area contributed by atoms with Crippen molar-refractivity contribution in [2.24, 2.45) is 11.7 Å². The quantitative estimate of drug-likeness (QED) is 0.154. The van der Waals surface area contributed by atoms with Gasteiger partial charge in [-0.05, 0) is 58.9 Å². The fourth-order valence-corrected chi connectivity index (χ4v) is 5.95. The van der Waals surface area contributed by atoms with Crippen LogP contribution in [0.25, 0.3) is 0 Å². The molecule has 2 aromatic rings. The predicted molar refractivity (Wildman–Crippen MR) is 176 cm³/mol. The highest BCUT2D eigenvalue weighted by atomic mass is 16.6. The van der Waals surface area contributed by atoms with Crippen LogP contribution in [0.5, 0.6) is 0 Å². The van der Waals surface area contributed by atoms with E-state index < -0.39 is 59.4 Å². The number of aromatic nitrogens is 2. The first kappa shape index (κ1) is 37.0. The molecule has 0 unspecified atom stereocenters. The van der Waals surface area contributed by atoms with Crippen LogP contribution in [0, 0.1) is 5.92 Å². The van der Waals surface area contributed by atoms with Crippen molar-refractivity contribution < 1.29 is 29.3 Å². The molecule has 1 aliphatic carbocycles. The zero-order valence-electron chi connectivity index (χ0n) is 27.9. The van der Waals surface area contributed by atoms with Crippen molar-refractivity contribution in [2.75, 3.05) is 0 Å². The molecule has 256 valence electrons. The van der Waals surface area contributed by atoms with Crippen LogP contribution in [0.15, 0.2) is 42.9 Å². The minimum atomic E-state index is -1.16. The van der Waals surface area contributed by atoms with Gasteiger partial charge in [0.15, 0.2) is 0 Å². The van der Waals surface area contributed by atoms with E-state index in [1.165, 1.54) is 12.7 Å². The van der Waals surface area contributed by atoms with E-state index in [0.29, 0.717) is 18.0 Å². The van der Waals surface area contributed by atoms with E-state index in [9.17, 15) is 24.6 Å². The van der Waals surface area contributed by atoms with Gasteiger partial charge in [0.25, 0.3) is 0 Å². The van der Waals surface area contributed by atoms with Crippen LogP contribution in [0.1, 0.15) is 90.8 Å². The van der Waals surface area contributed by atoms with Gasteiger partial charge in [0.1, 0.15) is 17.7 Å². The summed E-state index contributed by atoms with van der Waals surface area (Å²) < 4.78 is 5.40. The van der Waals surface area contributed by atoms with E-state index in [0.717, 1.165) is 31.2 Å². The Bertz CT molecular complexity index is 1230. The number of benzene rings is 1. The molecular weight excluding hydrogens is 588 g/mol. The number of hydrogen-bond donors (Lipinski definition) is 7. The monoisotopic (exact) mass is 642 g/mol. The number of hydrogen-bond acceptors (Lipinski definition) is 8. The largest absolute Gasteiger partial charge is 0.444 e. The zero-order valence-corrected chi connectivity index (χ0v) is 27.9. The van der Waals surface area contributed by atoms with Gasteiger partial charge in [-0.15, -0.1) is 0 Å². The number of aliphatic hydroxyl groups is 2. The van der Waals surface area contributed by atoms with E-state index >= 15 is 0 Å². The molecule has 1 aromatic carbocycles. The third-order valence-corrected chi connectivity index (χ3v) is 8.25. The summed E-state index contributed by atoms with van der Waals surface area (Å²) in [6.45, 7) is 8.67. The summed E-state index contributed by atoms with van der Waals surface area (Å²) in [6, 6.07) is 6.55. The highest BCUT2D eigenvalue weighted by Crippen LogP contribution is 2.28. The summed E-state index contributed by atoms with van der Waals surface area (Å²) in [7, 11) is 0. The summed E-state index contributed by atoms with van der Waals surface area (Å²) in [5.74, 6) is -0.631. The van der Waals surface area contributed by atoms with Crippen molar-refractivity contribution in [1.29, 1.82) is 0 Å². The minimum Gasteiger partial charge on any atom is -0.444 e. The lowest BCUT2D eigenvalue weighted by molar-refractivity contribution is -0.131. The van der Waals surface area contributed by atoms with Crippen LogP contribution in [0.3, 0.4) is 0 Å². The molecule has 0 radical (unpaired) electrons. The maximum absolute atomic E-state index is 13.7. The first-order valence-corrected chi connectivity index (χ1v) is 16.4. The van der Waals surface area contributed by atoms with E-state index in [1.807, 2.05) is 30.3 Å². The van der Waals surface area contributed by atoms with Crippen LogP contribution in [-0.2, 0) is 27.2 Å². The van der Waals surface area contributed by atoms with Crippen LogP contribution in [-0.4, -0.2) is 79.6 Å². The molecule has 0 aliphatic heterocycles. The van der Waals surface area contributed by atoms with Crippen LogP contribution < -0.4 is 21.7 Å². The summed E-state index contributed by atoms with van der Waals surface area (Å²) in [6.07, 6.45) is 6.64. The molecule has 12 heteroatoms. The summed E-state index contributed by atoms with van der Waals surface area (Å²) >= 11 is 0. The lowest BCUT2D eigenvalue weighted by atomic mass is 9.82. The average Bonchev–Trinajstić information content (AvgIpc) is 3.49. The Morgan fingerprint density at radius 2 is 1.63 bits per heavy atom. The number of carbonyl (C=O) groups excluding carboxylic acids is 3. The van der Waals surface area contributed by atoms with E-state index in [-0.39, 0.29) is 19.3 Å². The maximum atomic E-state index is 13.7. The highest BCUT2D eigenvalue weighted by Gasteiger charge is 2.35. The second-order valence-electron chi connectivity index (χ2n) is 14.3. The van der Waals surface area contributed by atoms with Gasteiger partial charge in [0.05, 0.1) is 18.5 Å². The molecule has 1 aliphatic rings. The molecule has 12 nitrogen and oxygen atoms in total. The van der Waals surface area contributed by atoms with E-state index in [2.05, 4.69) is 25.9 Å². The number of alkyl carbamates (subject to hydrolysis) is 1. The van der Waals surface area contributed by atoms with Gasteiger partial charge >= 0.3 is 6.09 Å². The fraction of sp³-hybridized carbons (Fsp3) is 0.647. The number of imidazole rings is 1. The van der Waals surface area contributed by atoms with Gasteiger partial charge in [-0.2, -0.15) is 0 Å². The molecule has 0 spiro atoms. The molecule has 46 heavy (non-hydrogen) atoms. The SMILES string of the molecule is CC(C)(C[C@H](O)[C@H](O)[C@@H](N)CC1CCCCC1)NC(=O)[C@H](Cc1cnc[nH]1)NC(=O)[C@H](Cc1ccccc1)NC(=O)OC(C)(C)C. The first-order valence-electron chi connectivity index (χ1n) is 16.4. The molecule has 0 bridgehead atoms. The molecule has 5 atom stereocenters. The Labute approximate surface area is 272 Å². The van der Waals surface area contributed by atoms with Crippen LogP contribution in [0.2, 0.25) is 0 Å². The van der Waals surface area contributed by atoms with Gasteiger partial charge in [-0.3, -0.25) is 9.59 Å². The van der Waals surface area contributed by atoms with Crippen molar-refractivity contribution in [3.63, 3.8) is 0 Å². The van der Waals surface area contributed by atoms with Gasteiger partial charge in [-0.25, -0.2) is 9.78 Å². The Hall–Kier alpha value is -3.48. The smallest absolute Gasteiger partial charge is 0.408 e. The number of nitrogens with zero attached hydrogens (tertiary/aromatic N) is 1. The number of aromatic amines is 1. The lowest BCUT2D eigenvalue weighted by Gasteiger charge is -2.34. The van der Waals surface area contributed by atoms with Crippen LogP contribution >= 0.6 is 0 Å². The van der Waals surface area contributed by atoms with Gasteiger partial charge in [0, 0.05) is 36.3 Å². The predicted octanol–water partition coefficient (Wildman–Crippen LogP) is 2.88. The number of nitrogens with one attached hydrogen (secondary N) is 4. The number of H-pyrrole nitrogens is 1. The topological polar surface area (TPSA) is 192 Å². The lowest BCUT2D eigenvalue weighted by Crippen LogP contribution is -2.59. The Morgan fingerprint density at radius 1 is 0.978 bits per heavy atom. The molecule has 1 aromatic heterocycles. The average molecular weight is 643 g/mol. The Kier molecular flexibility index (Phi) is 13.6. The summed E-state index contributed by atoms with van der Waals surface area (Å²) in [5.41, 5.74) is 5.99. The normalized spacial score (nSPS) is 17.7. The maximum Gasteiger partial charge on any atom is 0.408 e. The van der Waals surface area contributed by atoms with Crippen molar-refractivity contribution in [2.45, 2.75) is 134 Å². The molecule has 3 amide bonds. The van der Waals surface area contributed by atoms with Gasteiger partial charge < -0.3 is 41.6 Å². The number of rotatable bonds is 15. The number of ether oxygens (including phenoxy) is 1. The zero-order chi connectivity index (χ0) is 33.9. The van der Waals surface area contributed by atoms with E-state index in [1.54, 1.807) is 40.8 Å². The molecule has 0 saturated heterocycles. The molecule has 3 rings (SSSR count). The number of aliphatic hydroxyl groups excluding tert-OH is 2. The van der Waals surface area contributed by atoms with E-state index in [4.69, 9.17) is 10.5 Å². The second-order valence-corrected chi connectivity index (χ2v) is 14.3. The molecule has 8 N–H and O–H groups in total. The molecular formula is C34H54N6O6. The van der Waals surface area contributed by atoms with Gasteiger partial charge in [-0.1, -0.05) is 62.4 Å². The molecule has 1 saturated carbocycles. The second kappa shape index (κ2) is 16.9. The van der Waals surface area contributed by atoms with Crippen LogP contribution in [0.4, 0.5) is 4.79 Å². The van der Waals surface area contributed by atoms with Crippen molar-refractivity contribution in [3.8, 4) is 0 Å². The van der Waals surface area contributed by atoms with Crippen molar-refractivity contribution in [1.82, 2.24) is 25.9 Å². The molecule has 1 heterocycles. The van der Waals surface area contributed by atoms with Gasteiger partial charge in [0.2, 0.25) is 11.8 Å². The minimum absolute atomic E-state index is 0.0415. The first-order chi connectivity index (χ1) is 21.6.